The van der Waals surface area contributed by atoms with Gasteiger partial charge >= 0.3 is 5.97 Å². The third-order valence-corrected chi connectivity index (χ3v) is 5.73. The number of carbonyl (C=O) groups excluding carboxylic acids is 3. The normalized spacial score (nSPS) is 24.2. The number of likely N-dealkylation sites (N-methyl/N-ethyl adjacent to an activating group) is 1. The lowest BCUT2D eigenvalue weighted by Gasteiger charge is -2.38. The minimum atomic E-state index is -1.10. The van der Waals surface area contributed by atoms with E-state index in [1.165, 1.54) is 13.5 Å². The number of amides is 2. The molecule has 0 N–H and O–H groups in total. The number of ether oxygens (including phenoxy) is 1. The van der Waals surface area contributed by atoms with E-state index in [-0.39, 0.29) is 30.3 Å². The summed E-state index contributed by atoms with van der Waals surface area (Å²) in [4.78, 5) is 38.9. The van der Waals surface area contributed by atoms with Gasteiger partial charge in [0.1, 0.15) is 6.10 Å². The second kappa shape index (κ2) is 6.90. The van der Waals surface area contributed by atoms with E-state index in [0.717, 1.165) is 35.1 Å². The van der Waals surface area contributed by atoms with E-state index in [9.17, 15) is 14.4 Å². The van der Waals surface area contributed by atoms with Crippen LogP contribution in [0.1, 0.15) is 61.4 Å². The average molecular weight is 408 g/mol. The van der Waals surface area contributed by atoms with Crippen molar-refractivity contribution < 1.29 is 19.1 Å². The molecule has 0 saturated heterocycles. The molecule has 1 fully saturated rings. The highest BCUT2D eigenvalue weighted by Gasteiger charge is 2.48. The molecule has 134 valence electrons. The number of halogens is 1. The molecular formula is C19H22BrNO4. The number of hydrogen-bond acceptors (Lipinski definition) is 4. The summed E-state index contributed by atoms with van der Waals surface area (Å²) >= 11 is 3.39. The lowest BCUT2D eigenvalue weighted by Crippen LogP contribution is -2.52. The zero-order valence-electron chi connectivity index (χ0n) is 14.5. The van der Waals surface area contributed by atoms with E-state index in [4.69, 9.17) is 4.74 Å². The number of imide groups is 1. The summed E-state index contributed by atoms with van der Waals surface area (Å²) in [5.74, 6) is -1.09. The van der Waals surface area contributed by atoms with E-state index in [1.54, 1.807) is 25.1 Å². The van der Waals surface area contributed by atoms with Gasteiger partial charge in [-0.1, -0.05) is 22.4 Å². The van der Waals surface area contributed by atoms with Crippen molar-refractivity contribution in [2.75, 3.05) is 7.05 Å². The monoisotopic (exact) mass is 407 g/mol. The van der Waals surface area contributed by atoms with E-state index in [2.05, 4.69) is 15.9 Å². The molecule has 25 heavy (non-hydrogen) atoms. The predicted molar refractivity (Wildman–Crippen MR) is 96.2 cm³/mol. The van der Waals surface area contributed by atoms with Gasteiger partial charge in [0.25, 0.3) is 5.91 Å². The van der Waals surface area contributed by atoms with Gasteiger partial charge in [-0.3, -0.25) is 19.3 Å². The van der Waals surface area contributed by atoms with Crippen molar-refractivity contribution in [2.45, 2.75) is 57.0 Å². The Morgan fingerprint density at radius 3 is 2.64 bits per heavy atom. The van der Waals surface area contributed by atoms with Crippen LogP contribution in [-0.2, 0) is 19.7 Å². The number of hydrogen-bond donors (Lipinski definition) is 0. The first-order valence-corrected chi connectivity index (χ1v) is 9.44. The van der Waals surface area contributed by atoms with Crippen LogP contribution in [0.25, 0.3) is 0 Å². The van der Waals surface area contributed by atoms with Crippen LogP contribution < -0.4 is 0 Å². The Bertz CT molecular complexity index is 726. The highest BCUT2D eigenvalue weighted by atomic mass is 79.9. The molecule has 1 unspecified atom stereocenters. The van der Waals surface area contributed by atoms with Gasteiger partial charge in [-0.2, -0.15) is 0 Å². The quantitative estimate of drug-likeness (QED) is 0.567. The summed E-state index contributed by atoms with van der Waals surface area (Å²) in [6.45, 7) is 1.71. The van der Waals surface area contributed by atoms with Crippen LogP contribution in [0.2, 0.25) is 0 Å². The maximum atomic E-state index is 12.8. The van der Waals surface area contributed by atoms with Crippen molar-refractivity contribution in [1.82, 2.24) is 4.90 Å². The van der Waals surface area contributed by atoms with Crippen molar-refractivity contribution in [3.05, 3.63) is 33.8 Å². The molecule has 0 radical (unpaired) electrons. The Hall–Kier alpha value is -1.69. The van der Waals surface area contributed by atoms with Crippen LogP contribution in [0.5, 0.6) is 0 Å². The van der Waals surface area contributed by atoms with Crippen molar-refractivity contribution in [3.63, 3.8) is 0 Å². The highest BCUT2D eigenvalue weighted by molar-refractivity contribution is 9.10. The average Bonchev–Trinajstić information content (AvgIpc) is 2.59. The molecule has 1 aromatic rings. The smallest absolute Gasteiger partial charge is 0.307 e. The van der Waals surface area contributed by atoms with Gasteiger partial charge < -0.3 is 4.74 Å². The lowest BCUT2D eigenvalue weighted by molar-refractivity contribution is -0.155. The topological polar surface area (TPSA) is 63.7 Å². The summed E-state index contributed by atoms with van der Waals surface area (Å²) in [6.07, 6.45) is 4.97. The molecule has 0 aromatic heterocycles. The van der Waals surface area contributed by atoms with Crippen LogP contribution in [0.4, 0.5) is 0 Å². The number of rotatable bonds is 3. The van der Waals surface area contributed by atoms with Crippen LogP contribution in [0, 0.1) is 0 Å². The number of fused-ring (bicyclic) bond motifs is 1. The summed E-state index contributed by atoms with van der Waals surface area (Å²) < 4.78 is 6.38. The predicted octanol–water partition coefficient (Wildman–Crippen LogP) is 3.59. The Balaban J connectivity index is 1.88. The highest BCUT2D eigenvalue weighted by Crippen LogP contribution is 2.39. The summed E-state index contributed by atoms with van der Waals surface area (Å²) in [5.41, 5.74) is -0.0677. The van der Waals surface area contributed by atoms with Crippen LogP contribution in [-0.4, -0.2) is 35.8 Å². The van der Waals surface area contributed by atoms with Gasteiger partial charge in [0.05, 0.1) is 11.8 Å². The van der Waals surface area contributed by atoms with Gasteiger partial charge in [-0.25, -0.2) is 0 Å². The molecule has 5 nitrogen and oxygen atoms in total. The van der Waals surface area contributed by atoms with Crippen molar-refractivity contribution >= 4 is 33.7 Å². The van der Waals surface area contributed by atoms with Crippen molar-refractivity contribution in [3.8, 4) is 0 Å². The second-order valence-corrected chi connectivity index (χ2v) is 8.03. The molecule has 1 atom stereocenters. The maximum Gasteiger partial charge on any atom is 0.307 e. The zero-order chi connectivity index (χ0) is 18.2. The molecule has 0 bridgehead atoms. The van der Waals surface area contributed by atoms with E-state index in [0.29, 0.717) is 11.1 Å². The van der Waals surface area contributed by atoms with Crippen LogP contribution in [0.15, 0.2) is 22.7 Å². The molecule has 1 heterocycles. The Morgan fingerprint density at radius 2 is 1.96 bits per heavy atom. The first-order chi connectivity index (χ1) is 11.8. The number of carbonyl (C=O) groups is 3. The maximum absolute atomic E-state index is 12.8. The fourth-order valence-corrected chi connectivity index (χ4v) is 4.15. The molecular weight excluding hydrogens is 386 g/mol. The Kier molecular flexibility index (Phi) is 5.00. The van der Waals surface area contributed by atoms with Crippen molar-refractivity contribution in [1.29, 1.82) is 0 Å². The van der Waals surface area contributed by atoms with Crippen LogP contribution >= 0.6 is 15.9 Å². The van der Waals surface area contributed by atoms with Gasteiger partial charge in [0, 0.05) is 17.1 Å². The fraction of sp³-hybridized carbons (Fsp3) is 0.526. The zero-order valence-corrected chi connectivity index (χ0v) is 16.1. The fourth-order valence-electron chi connectivity index (χ4n) is 3.79. The standard InChI is InChI=1S/C19H22BrNO4/c1-19(11-16(22)25-13-6-4-3-5-7-13)15-10-12(20)8-9-14(15)17(23)21(2)18(19)24/h8-10,13H,3-7,11H2,1-2H3. The molecule has 2 aliphatic rings. The first-order valence-electron chi connectivity index (χ1n) is 8.65. The molecule has 3 rings (SSSR count). The SMILES string of the molecule is CN1C(=O)c2ccc(Br)cc2C(C)(CC(=O)OC2CCCCC2)C1=O. The lowest BCUT2D eigenvalue weighted by atomic mass is 9.73. The van der Waals surface area contributed by atoms with Gasteiger partial charge in [-0.05, 0) is 56.4 Å². The molecule has 1 aliphatic carbocycles. The Labute approximate surface area is 155 Å². The van der Waals surface area contributed by atoms with Gasteiger partial charge in [-0.15, -0.1) is 0 Å². The van der Waals surface area contributed by atoms with Gasteiger partial charge in [0.2, 0.25) is 5.91 Å². The minimum Gasteiger partial charge on any atom is -0.462 e. The second-order valence-electron chi connectivity index (χ2n) is 7.12. The first kappa shape index (κ1) is 18.1. The Morgan fingerprint density at radius 1 is 1.28 bits per heavy atom. The van der Waals surface area contributed by atoms with E-state index < -0.39 is 5.41 Å². The van der Waals surface area contributed by atoms with Crippen molar-refractivity contribution in [2.24, 2.45) is 0 Å². The minimum absolute atomic E-state index is 0.0510. The molecule has 2 amide bonds. The summed E-state index contributed by atoms with van der Waals surface area (Å²) in [7, 11) is 1.46. The largest absolute Gasteiger partial charge is 0.462 e. The summed E-state index contributed by atoms with van der Waals surface area (Å²) in [6, 6.07) is 5.21. The summed E-state index contributed by atoms with van der Waals surface area (Å²) in [5, 5.41) is 0. The van der Waals surface area contributed by atoms with Gasteiger partial charge in [0.15, 0.2) is 0 Å². The van der Waals surface area contributed by atoms with E-state index in [1.807, 2.05) is 0 Å². The third kappa shape index (κ3) is 3.36. The molecule has 1 aromatic carbocycles. The molecule has 1 aliphatic heterocycles. The number of benzene rings is 1. The molecule has 1 saturated carbocycles. The molecule has 0 spiro atoms. The number of esters is 1. The van der Waals surface area contributed by atoms with E-state index >= 15 is 0 Å². The van der Waals surface area contributed by atoms with Crippen LogP contribution in [0.3, 0.4) is 0 Å². The number of nitrogens with zero attached hydrogens (tertiary/aromatic N) is 1. The third-order valence-electron chi connectivity index (χ3n) is 5.24. The molecule has 6 heteroatoms.